The van der Waals surface area contributed by atoms with E-state index in [0.717, 1.165) is 22.6 Å². The molecule has 0 amide bonds. The van der Waals surface area contributed by atoms with Gasteiger partial charge in [-0.15, -0.1) is 5.10 Å². The van der Waals surface area contributed by atoms with Gasteiger partial charge in [-0.1, -0.05) is 53.7 Å². The summed E-state index contributed by atoms with van der Waals surface area (Å²) < 4.78 is 12.7. The van der Waals surface area contributed by atoms with Crippen molar-refractivity contribution in [2.24, 2.45) is 0 Å². The third-order valence-electron chi connectivity index (χ3n) is 4.34. The molecule has 0 radical (unpaired) electrons. The Hall–Kier alpha value is -4.00. The van der Waals surface area contributed by atoms with E-state index in [1.165, 1.54) is 0 Å². The Labute approximate surface area is 173 Å². The smallest absolute Gasteiger partial charge is 0.360 e. The first kappa shape index (κ1) is 19.3. The van der Waals surface area contributed by atoms with E-state index < -0.39 is 5.97 Å². The second kappa shape index (κ2) is 9.47. The number of hydrogen-bond acceptors (Lipinski definition) is 6. The number of carbonyl (C=O) groups is 1. The van der Waals surface area contributed by atoms with Crippen LogP contribution in [0.5, 0.6) is 5.75 Å². The lowest BCUT2D eigenvalue weighted by Crippen LogP contribution is -2.06. The molecule has 7 nitrogen and oxygen atoms in total. The van der Waals surface area contributed by atoms with Gasteiger partial charge >= 0.3 is 5.97 Å². The summed E-state index contributed by atoms with van der Waals surface area (Å²) in [6.07, 6.45) is 3.32. The highest BCUT2D eigenvalue weighted by Crippen LogP contribution is 2.15. The molecule has 4 rings (SSSR count). The molecule has 2 aromatic heterocycles. The maximum Gasteiger partial charge on any atom is 0.360 e. The van der Waals surface area contributed by atoms with E-state index >= 15 is 0 Å². The van der Waals surface area contributed by atoms with Crippen LogP contribution in [0.2, 0.25) is 0 Å². The summed E-state index contributed by atoms with van der Waals surface area (Å²) in [5.74, 6) is 0.212. The number of benzene rings is 2. The highest BCUT2D eigenvalue weighted by atomic mass is 16.5. The van der Waals surface area contributed by atoms with Crippen LogP contribution in [0.15, 0.2) is 85.2 Å². The Morgan fingerprint density at radius 1 is 0.867 bits per heavy atom. The summed E-state index contributed by atoms with van der Waals surface area (Å²) in [6.45, 7) is 1.08. The Morgan fingerprint density at radius 2 is 1.67 bits per heavy atom. The second-order valence-corrected chi connectivity index (χ2v) is 6.62. The van der Waals surface area contributed by atoms with Crippen molar-refractivity contribution in [2.75, 3.05) is 0 Å². The van der Waals surface area contributed by atoms with Crippen LogP contribution in [0.25, 0.3) is 0 Å². The van der Waals surface area contributed by atoms with Crippen molar-refractivity contribution in [1.29, 1.82) is 0 Å². The van der Waals surface area contributed by atoms with Gasteiger partial charge in [-0.05, 0) is 35.4 Å². The minimum absolute atomic E-state index is 0.144. The standard InChI is InChI=1S/C23H20N4O3/c28-23(22-15-27(26-25-22)14-18-6-2-1-3-7-18)30-16-19-9-11-21(12-10-19)29-17-20-8-4-5-13-24-20/h1-13,15H,14,16-17H2. The molecule has 0 saturated carbocycles. The molecule has 7 heteroatoms. The van der Waals surface area contributed by atoms with Crippen LogP contribution >= 0.6 is 0 Å². The normalized spacial score (nSPS) is 10.5. The Balaban J connectivity index is 1.26. The second-order valence-electron chi connectivity index (χ2n) is 6.62. The summed E-state index contributed by atoms with van der Waals surface area (Å²) in [5, 5.41) is 7.89. The lowest BCUT2D eigenvalue weighted by atomic mass is 10.2. The van der Waals surface area contributed by atoms with Crippen molar-refractivity contribution in [3.8, 4) is 5.75 Å². The largest absolute Gasteiger partial charge is 0.487 e. The number of hydrogen-bond donors (Lipinski definition) is 0. The Bertz CT molecular complexity index is 1080. The van der Waals surface area contributed by atoms with E-state index in [1.807, 2.05) is 72.8 Å². The Kier molecular flexibility index (Phi) is 6.10. The molecule has 0 aliphatic carbocycles. The molecule has 4 aromatic rings. The van der Waals surface area contributed by atoms with Gasteiger partial charge in [0, 0.05) is 6.20 Å². The minimum Gasteiger partial charge on any atom is -0.487 e. The van der Waals surface area contributed by atoms with Crippen LogP contribution < -0.4 is 4.74 Å². The summed E-state index contributed by atoms with van der Waals surface area (Å²) >= 11 is 0. The Morgan fingerprint density at radius 3 is 2.43 bits per heavy atom. The molecule has 0 N–H and O–H groups in total. The summed E-state index contributed by atoms with van der Waals surface area (Å²) in [7, 11) is 0. The maximum absolute atomic E-state index is 12.2. The van der Waals surface area contributed by atoms with Gasteiger partial charge in [-0.25, -0.2) is 9.48 Å². The highest BCUT2D eigenvalue weighted by molar-refractivity contribution is 5.86. The molecule has 0 fully saturated rings. The molecule has 30 heavy (non-hydrogen) atoms. The summed E-state index contributed by atoms with van der Waals surface area (Å²) in [5.41, 5.74) is 2.97. The van der Waals surface area contributed by atoms with Gasteiger partial charge < -0.3 is 9.47 Å². The summed E-state index contributed by atoms with van der Waals surface area (Å²) in [6, 6.07) is 22.9. The third kappa shape index (κ3) is 5.29. The summed E-state index contributed by atoms with van der Waals surface area (Å²) in [4.78, 5) is 16.5. The number of pyridine rings is 1. The number of nitrogens with zero attached hydrogens (tertiary/aromatic N) is 4. The van der Waals surface area contributed by atoms with Crippen LogP contribution in [-0.4, -0.2) is 25.9 Å². The van der Waals surface area contributed by atoms with Gasteiger partial charge in [0.15, 0.2) is 5.69 Å². The zero-order valence-electron chi connectivity index (χ0n) is 16.2. The van der Waals surface area contributed by atoms with Crippen molar-refractivity contribution in [3.63, 3.8) is 0 Å². The average molecular weight is 400 g/mol. The lowest BCUT2D eigenvalue weighted by molar-refractivity contribution is 0.0465. The molecule has 0 atom stereocenters. The van der Waals surface area contributed by atoms with Gasteiger partial charge in [0.25, 0.3) is 0 Å². The van der Waals surface area contributed by atoms with Crippen molar-refractivity contribution in [2.45, 2.75) is 19.8 Å². The predicted molar refractivity (Wildman–Crippen MR) is 110 cm³/mol. The van der Waals surface area contributed by atoms with E-state index in [0.29, 0.717) is 13.2 Å². The fourth-order valence-electron chi connectivity index (χ4n) is 2.79. The molecule has 2 heterocycles. The average Bonchev–Trinajstić information content (AvgIpc) is 3.27. The zero-order chi connectivity index (χ0) is 20.6. The quantitative estimate of drug-likeness (QED) is 0.420. The molecule has 0 unspecified atom stereocenters. The number of aromatic nitrogens is 4. The number of ether oxygens (including phenoxy) is 2. The maximum atomic E-state index is 12.2. The van der Waals surface area contributed by atoms with Gasteiger partial charge in [0.1, 0.15) is 19.0 Å². The number of rotatable bonds is 8. The van der Waals surface area contributed by atoms with Crippen molar-refractivity contribution >= 4 is 5.97 Å². The van der Waals surface area contributed by atoms with Crippen LogP contribution in [0, 0.1) is 0 Å². The van der Waals surface area contributed by atoms with Gasteiger partial charge in [-0.2, -0.15) is 0 Å². The van der Waals surface area contributed by atoms with E-state index in [4.69, 9.17) is 9.47 Å². The molecule has 150 valence electrons. The topological polar surface area (TPSA) is 79.1 Å². The van der Waals surface area contributed by atoms with E-state index in [1.54, 1.807) is 17.1 Å². The monoisotopic (exact) mass is 400 g/mol. The van der Waals surface area contributed by atoms with Crippen molar-refractivity contribution in [1.82, 2.24) is 20.0 Å². The third-order valence-corrected chi connectivity index (χ3v) is 4.34. The molecular weight excluding hydrogens is 380 g/mol. The SMILES string of the molecule is O=C(OCc1ccc(OCc2ccccn2)cc1)c1cn(Cc2ccccc2)nn1. The molecule has 0 saturated heterocycles. The first-order valence-corrected chi connectivity index (χ1v) is 9.49. The van der Waals surface area contributed by atoms with Gasteiger partial charge in [0.2, 0.25) is 0 Å². The van der Waals surface area contributed by atoms with E-state index in [9.17, 15) is 4.79 Å². The van der Waals surface area contributed by atoms with Crippen LogP contribution in [-0.2, 0) is 24.5 Å². The fraction of sp³-hybridized carbons (Fsp3) is 0.130. The van der Waals surface area contributed by atoms with Gasteiger partial charge in [-0.3, -0.25) is 4.98 Å². The molecule has 0 bridgehead atoms. The highest BCUT2D eigenvalue weighted by Gasteiger charge is 2.13. The number of esters is 1. The molecular formula is C23H20N4O3. The fourth-order valence-corrected chi connectivity index (χ4v) is 2.79. The zero-order valence-corrected chi connectivity index (χ0v) is 16.2. The predicted octanol–water partition coefficient (Wildman–Crippen LogP) is 3.66. The van der Waals surface area contributed by atoms with E-state index in [-0.39, 0.29) is 12.3 Å². The first-order chi connectivity index (χ1) is 14.8. The first-order valence-electron chi connectivity index (χ1n) is 9.49. The minimum atomic E-state index is -0.509. The van der Waals surface area contributed by atoms with Crippen LogP contribution in [0.1, 0.15) is 27.3 Å². The lowest BCUT2D eigenvalue weighted by Gasteiger charge is -2.07. The molecule has 2 aromatic carbocycles. The molecule has 0 spiro atoms. The van der Waals surface area contributed by atoms with Gasteiger partial charge in [0.05, 0.1) is 18.4 Å². The van der Waals surface area contributed by atoms with E-state index in [2.05, 4.69) is 15.3 Å². The van der Waals surface area contributed by atoms with Crippen LogP contribution in [0.3, 0.4) is 0 Å². The molecule has 0 aliphatic heterocycles. The van der Waals surface area contributed by atoms with Crippen molar-refractivity contribution < 1.29 is 14.3 Å². The van der Waals surface area contributed by atoms with Crippen molar-refractivity contribution in [3.05, 3.63) is 108 Å². The number of carbonyl (C=O) groups excluding carboxylic acids is 1. The molecule has 0 aliphatic rings. The van der Waals surface area contributed by atoms with Crippen LogP contribution in [0.4, 0.5) is 0 Å².